The third kappa shape index (κ3) is 6.78. The number of benzene rings is 3. The summed E-state index contributed by atoms with van der Waals surface area (Å²) in [5, 5.41) is 2.85. The molecule has 0 radical (unpaired) electrons. The first kappa shape index (κ1) is 30.2. The van der Waals surface area contributed by atoms with Crippen LogP contribution < -0.4 is 23.8 Å². The summed E-state index contributed by atoms with van der Waals surface area (Å²) in [5.74, 6) is 1.23. The monoisotopic (exact) mass is 580 g/mol. The molecule has 1 aliphatic rings. The quantitative estimate of drug-likeness (QED) is 0.357. The van der Waals surface area contributed by atoms with Crippen LogP contribution in [-0.4, -0.2) is 47.2 Å². The van der Waals surface area contributed by atoms with Gasteiger partial charge in [0.05, 0.1) is 30.8 Å². The van der Waals surface area contributed by atoms with Crippen molar-refractivity contribution in [3.63, 3.8) is 0 Å². The third-order valence-electron chi connectivity index (χ3n) is 6.99. The largest absolute Gasteiger partial charge is 0.497 e. The van der Waals surface area contributed by atoms with Crippen LogP contribution >= 0.6 is 0 Å². The lowest BCUT2D eigenvalue weighted by atomic mass is 9.86. The van der Waals surface area contributed by atoms with E-state index in [0.29, 0.717) is 17.2 Å². The highest BCUT2D eigenvalue weighted by atomic mass is 32.2. The SMILES string of the molecule is COc1ccc(S(=O)(=O)N2C[C@@H](C(=O)NCCOc3ccccc3C(C)(C)C)Oc3ccc(C(C)(C)C)cc32)cc1. The molecule has 8 nitrogen and oxygen atoms in total. The van der Waals surface area contributed by atoms with Crippen LogP contribution in [0, 0.1) is 0 Å². The van der Waals surface area contributed by atoms with Crippen molar-refractivity contribution in [2.24, 2.45) is 0 Å². The van der Waals surface area contributed by atoms with Gasteiger partial charge in [0.15, 0.2) is 6.10 Å². The Bertz CT molecular complexity index is 1490. The highest BCUT2D eigenvalue weighted by Crippen LogP contribution is 2.40. The number of methoxy groups -OCH3 is 1. The molecule has 220 valence electrons. The fourth-order valence-electron chi connectivity index (χ4n) is 4.62. The Kier molecular flexibility index (Phi) is 8.59. The highest BCUT2D eigenvalue weighted by molar-refractivity contribution is 7.92. The van der Waals surface area contributed by atoms with E-state index < -0.39 is 22.0 Å². The van der Waals surface area contributed by atoms with Gasteiger partial charge >= 0.3 is 0 Å². The van der Waals surface area contributed by atoms with E-state index in [-0.39, 0.29) is 35.4 Å². The van der Waals surface area contributed by atoms with Crippen LogP contribution in [0.2, 0.25) is 0 Å². The molecule has 0 spiro atoms. The lowest BCUT2D eigenvalue weighted by Gasteiger charge is -2.36. The molecule has 0 aliphatic carbocycles. The van der Waals surface area contributed by atoms with Gasteiger partial charge in [0, 0.05) is 0 Å². The number of carbonyl (C=O) groups is 1. The van der Waals surface area contributed by atoms with E-state index in [0.717, 1.165) is 16.9 Å². The average molecular weight is 581 g/mol. The average Bonchev–Trinajstić information content (AvgIpc) is 2.93. The van der Waals surface area contributed by atoms with Crippen LogP contribution in [0.1, 0.15) is 52.7 Å². The summed E-state index contributed by atoms with van der Waals surface area (Å²) >= 11 is 0. The van der Waals surface area contributed by atoms with E-state index >= 15 is 0 Å². The fraction of sp³-hybridized carbons (Fsp3) is 0.406. The van der Waals surface area contributed by atoms with E-state index in [1.807, 2.05) is 36.4 Å². The summed E-state index contributed by atoms with van der Waals surface area (Å²) in [6.45, 7) is 12.8. The molecular formula is C32H40N2O6S. The number of carbonyl (C=O) groups excluding carboxylic acids is 1. The maximum absolute atomic E-state index is 13.9. The van der Waals surface area contributed by atoms with Gasteiger partial charge < -0.3 is 19.5 Å². The van der Waals surface area contributed by atoms with Gasteiger partial charge in [-0.1, -0.05) is 65.8 Å². The predicted octanol–water partition coefficient (Wildman–Crippen LogP) is 5.44. The van der Waals surface area contributed by atoms with Crippen molar-refractivity contribution in [1.82, 2.24) is 5.32 Å². The molecule has 1 N–H and O–H groups in total. The zero-order valence-electron chi connectivity index (χ0n) is 24.9. The smallest absolute Gasteiger partial charge is 0.264 e. The van der Waals surface area contributed by atoms with Crippen LogP contribution in [0.15, 0.2) is 71.6 Å². The van der Waals surface area contributed by atoms with Crippen molar-refractivity contribution >= 4 is 21.6 Å². The van der Waals surface area contributed by atoms with Crippen molar-refractivity contribution in [2.45, 2.75) is 63.4 Å². The molecule has 1 atom stereocenters. The molecule has 4 rings (SSSR count). The van der Waals surface area contributed by atoms with E-state index in [1.165, 1.54) is 23.5 Å². The van der Waals surface area contributed by atoms with Gasteiger partial charge in [-0.2, -0.15) is 0 Å². The highest BCUT2D eigenvalue weighted by Gasteiger charge is 2.38. The van der Waals surface area contributed by atoms with E-state index in [4.69, 9.17) is 14.2 Å². The van der Waals surface area contributed by atoms with Crippen molar-refractivity contribution in [2.75, 3.05) is 31.1 Å². The molecule has 0 unspecified atom stereocenters. The number of para-hydroxylation sites is 1. The lowest BCUT2D eigenvalue weighted by molar-refractivity contribution is -0.127. The van der Waals surface area contributed by atoms with E-state index in [1.54, 1.807) is 18.2 Å². The predicted molar refractivity (Wildman–Crippen MR) is 161 cm³/mol. The van der Waals surface area contributed by atoms with Gasteiger partial charge in [-0.05, 0) is 64.4 Å². The molecule has 0 fully saturated rings. The number of hydrogen-bond acceptors (Lipinski definition) is 6. The molecule has 3 aromatic rings. The van der Waals surface area contributed by atoms with Crippen molar-refractivity contribution in [3.8, 4) is 17.2 Å². The maximum atomic E-state index is 13.9. The third-order valence-corrected chi connectivity index (χ3v) is 8.78. The summed E-state index contributed by atoms with van der Waals surface area (Å²) in [6.07, 6.45) is -1.04. The second-order valence-electron chi connectivity index (χ2n) is 12.1. The molecule has 1 heterocycles. The molecule has 9 heteroatoms. The number of hydrogen-bond donors (Lipinski definition) is 1. The van der Waals surface area contributed by atoms with Crippen LogP contribution in [0.25, 0.3) is 0 Å². The number of ether oxygens (including phenoxy) is 3. The first-order chi connectivity index (χ1) is 19.2. The number of anilines is 1. The van der Waals surface area contributed by atoms with Crippen LogP contribution in [0.5, 0.6) is 17.2 Å². The fourth-order valence-corrected chi connectivity index (χ4v) is 6.09. The summed E-state index contributed by atoms with van der Waals surface area (Å²) in [5.41, 5.74) is 2.12. The molecule has 1 amide bonds. The number of fused-ring (bicyclic) bond motifs is 1. The Morgan fingerprint density at radius 2 is 1.66 bits per heavy atom. The second kappa shape index (κ2) is 11.6. The summed E-state index contributed by atoms with van der Waals surface area (Å²) in [6, 6.07) is 19.5. The summed E-state index contributed by atoms with van der Waals surface area (Å²) in [7, 11) is -2.49. The van der Waals surface area contributed by atoms with Gasteiger partial charge in [0.1, 0.15) is 23.9 Å². The Balaban J connectivity index is 1.54. The zero-order chi connectivity index (χ0) is 30.0. The standard InChI is InChI=1S/C32H40N2O6S/c1-31(2,3)22-12-17-28-26(20-22)34(41(36,37)24-15-13-23(38-7)14-16-24)21-29(40-28)30(35)33-18-19-39-27-11-9-8-10-25(27)32(4,5)6/h8-17,20,29H,18-19,21H2,1-7H3,(H,33,35)/t29-/m0/s1. The van der Waals surface area contributed by atoms with Crippen LogP contribution in [0.3, 0.4) is 0 Å². The molecule has 0 saturated carbocycles. The van der Waals surface area contributed by atoms with Crippen LogP contribution in [-0.2, 0) is 25.6 Å². The number of nitrogens with one attached hydrogen (secondary N) is 1. The number of sulfonamides is 1. The van der Waals surface area contributed by atoms with Crippen LogP contribution in [0.4, 0.5) is 5.69 Å². The molecule has 0 bridgehead atoms. The second-order valence-corrected chi connectivity index (χ2v) is 14.0. The minimum Gasteiger partial charge on any atom is -0.497 e. The Hall–Kier alpha value is -3.72. The van der Waals surface area contributed by atoms with Crippen molar-refractivity contribution in [1.29, 1.82) is 0 Å². The first-order valence-electron chi connectivity index (χ1n) is 13.7. The first-order valence-corrected chi connectivity index (χ1v) is 15.1. The minimum absolute atomic E-state index is 0.0884. The number of nitrogens with zero attached hydrogens (tertiary/aromatic N) is 1. The molecule has 3 aromatic carbocycles. The molecule has 0 saturated heterocycles. The zero-order valence-corrected chi connectivity index (χ0v) is 25.7. The minimum atomic E-state index is -4.02. The van der Waals surface area contributed by atoms with Crippen molar-refractivity contribution < 1.29 is 27.4 Å². The normalized spacial score (nSPS) is 15.5. The molecule has 41 heavy (non-hydrogen) atoms. The molecular weight excluding hydrogens is 540 g/mol. The van der Waals surface area contributed by atoms with Crippen molar-refractivity contribution in [3.05, 3.63) is 77.9 Å². The summed E-state index contributed by atoms with van der Waals surface area (Å²) < 4.78 is 46.3. The Morgan fingerprint density at radius 3 is 2.29 bits per heavy atom. The Morgan fingerprint density at radius 1 is 0.976 bits per heavy atom. The molecule has 0 aromatic heterocycles. The summed E-state index contributed by atoms with van der Waals surface area (Å²) in [4.78, 5) is 13.3. The van der Waals surface area contributed by atoms with E-state index in [2.05, 4.69) is 46.9 Å². The van der Waals surface area contributed by atoms with Gasteiger partial charge in [-0.25, -0.2) is 8.42 Å². The lowest BCUT2D eigenvalue weighted by Crippen LogP contribution is -2.51. The number of amides is 1. The van der Waals surface area contributed by atoms with Gasteiger partial charge in [0.2, 0.25) is 0 Å². The maximum Gasteiger partial charge on any atom is 0.264 e. The van der Waals surface area contributed by atoms with Gasteiger partial charge in [-0.15, -0.1) is 0 Å². The molecule has 1 aliphatic heterocycles. The van der Waals surface area contributed by atoms with Gasteiger partial charge in [-0.3, -0.25) is 9.10 Å². The number of rotatable bonds is 8. The van der Waals surface area contributed by atoms with Gasteiger partial charge in [0.25, 0.3) is 15.9 Å². The van der Waals surface area contributed by atoms with E-state index in [9.17, 15) is 13.2 Å². The topological polar surface area (TPSA) is 94.2 Å². The Labute approximate surface area is 243 Å².